The Hall–Kier alpha value is -0.450. The van der Waals surface area contributed by atoms with Crippen LogP contribution < -0.4 is 0 Å². The van der Waals surface area contributed by atoms with Crippen LogP contribution in [0.15, 0.2) is 10.9 Å². The van der Waals surface area contributed by atoms with E-state index in [1.54, 1.807) is 16.8 Å². The largest absolute Gasteiger partial charge is 0.386 e. The fourth-order valence-corrected chi connectivity index (χ4v) is 3.90. The molecule has 0 radical (unpaired) electrons. The summed E-state index contributed by atoms with van der Waals surface area (Å²) in [5.41, 5.74) is 2.72. The maximum absolute atomic E-state index is 10.4. The van der Waals surface area contributed by atoms with Gasteiger partial charge in [-0.1, -0.05) is 12.8 Å². The summed E-state index contributed by atoms with van der Waals surface area (Å²) in [6.45, 7) is 0.797. The molecule has 2 unspecified atom stereocenters. The third-order valence-corrected chi connectivity index (χ3v) is 4.85. The Bertz CT molecular complexity index is 360. The Morgan fingerprint density at radius 2 is 2.29 bits per heavy atom. The van der Waals surface area contributed by atoms with E-state index in [1.807, 2.05) is 5.38 Å². The molecular weight excluding hydrogens is 234 g/mol. The molecule has 2 fully saturated rings. The lowest BCUT2D eigenvalue weighted by atomic mass is 9.81. The molecule has 2 heterocycles. The summed E-state index contributed by atoms with van der Waals surface area (Å²) in [6.07, 6.45) is 6.47. The molecule has 2 aliphatic rings. The molecule has 4 heteroatoms. The van der Waals surface area contributed by atoms with E-state index in [4.69, 9.17) is 4.74 Å². The molecule has 1 aliphatic heterocycles. The van der Waals surface area contributed by atoms with Crippen molar-refractivity contribution in [3.63, 3.8) is 0 Å². The van der Waals surface area contributed by atoms with Crippen LogP contribution in [0.4, 0.5) is 0 Å². The van der Waals surface area contributed by atoms with Crippen molar-refractivity contribution in [3.05, 3.63) is 16.6 Å². The van der Waals surface area contributed by atoms with Gasteiger partial charge in [-0.2, -0.15) is 0 Å². The molecule has 94 valence electrons. The van der Waals surface area contributed by atoms with Gasteiger partial charge in [0.05, 0.1) is 22.9 Å². The number of ether oxygens (including phenoxy) is 1. The van der Waals surface area contributed by atoms with Crippen LogP contribution in [0.5, 0.6) is 0 Å². The van der Waals surface area contributed by atoms with E-state index in [0.717, 1.165) is 25.1 Å². The van der Waals surface area contributed by atoms with E-state index >= 15 is 0 Å². The second-order valence-electron chi connectivity index (χ2n) is 5.35. The highest BCUT2D eigenvalue weighted by molar-refractivity contribution is 7.07. The minimum absolute atomic E-state index is 0.0833. The van der Waals surface area contributed by atoms with Crippen molar-refractivity contribution in [2.24, 2.45) is 5.92 Å². The van der Waals surface area contributed by atoms with E-state index in [9.17, 15) is 5.11 Å². The summed E-state index contributed by atoms with van der Waals surface area (Å²) in [4.78, 5) is 4.23. The average molecular weight is 253 g/mol. The van der Waals surface area contributed by atoms with Gasteiger partial charge in [-0.05, 0) is 31.6 Å². The molecule has 0 bridgehead atoms. The van der Waals surface area contributed by atoms with E-state index in [2.05, 4.69) is 4.98 Å². The molecule has 0 amide bonds. The third-order valence-electron chi connectivity index (χ3n) is 4.25. The standard InChI is InChI=1S/C13H19NO2S/c15-12(11-8-17-9-14-11)10-3-6-16-13(7-10)4-1-2-5-13/h8-10,12,15H,1-7H2. The molecule has 2 atom stereocenters. The first-order chi connectivity index (χ1) is 8.29. The Kier molecular flexibility index (Phi) is 3.19. The molecule has 1 saturated carbocycles. The SMILES string of the molecule is OC(c1cscn1)C1CCOC2(CCCC2)C1. The van der Waals surface area contributed by atoms with Crippen LogP contribution in [0.3, 0.4) is 0 Å². The topological polar surface area (TPSA) is 42.4 Å². The maximum atomic E-state index is 10.4. The molecule has 1 aromatic heterocycles. The summed E-state index contributed by atoms with van der Waals surface area (Å²) in [7, 11) is 0. The summed E-state index contributed by atoms with van der Waals surface area (Å²) < 4.78 is 6.00. The van der Waals surface area contributed by atoms with E-state index in [1.165, 1.54) is 25.7 Å². The molecule has 1 aliphatic carbocycles. The van der Waals surface area contributed by atoms with Crippen molar-refractivity contribution in [2.45, 2.75) is 50.2 Å². The van der Waals surface area contributed by atoms with Gasteiger partial charge in [0.25, 0.3) is 0 Å². The van der Waals surface area contributed by atoms with Crippen molar-refractivity contribution in [3.8, 4) is 0 Å². The minimum atomic E-state index is -0.400. The number of aliphatic hydroxyl groups is 1. The van der Waals surface area contributed by atoms with Crippen LogP contribution >= 0.6 is 11.3 Å². The highest BCUT2D eigenvalue weighted by Gasteiger charge is 2.42. The number of rotatable bonds is 2. The molecule has 1 spiro atoms. The molecular formula is C13H19NO2S. The highest BCUT2D eigenvalue weighted by atomic mass is 32.1. The van der Waals surface area contributed by atoms with Crippen LogP contribution in [0.1, 0.15) is 50.3 Å². The number of aliphatic hydroxyl groups excluding tert-OH is 1. The van der Waals surface area contributed by atoms with Crippen molar-refractivity contribution in [2.75, 3.05) is 6.61 Å². The summed E-state index contributed by atoms with van der Waals surface area (Å²) in [6, 6.07) is 0. The van der Waals surface area contributed by atoms with Gasteiger partial charge in [0.1, 0.15) is 0 Å². The van der Waals surface area contributed by atoms with Crippen LogP contribution in [0, 0.1) is 5.92 Å². The van der Waals surface area contributed by atoms with Gasteiger partial charge in [0.15, 0.2) is 0 Å². The molecule has 1 saturated heterocycles. The number of aromatic nitrogens is 1. The molecule has 1 N–H and O–H groups in total. The Morgan fingerprint density at radius 3 is 3.00 bits per heavy atom. The number of thiazole rings is 1. The zero-order chi connectivity index (χ0) is 11.7. The van der Waals surface area contributed by atoms with Crippen LogP contribution in [0.2, 0.25) is 0 Å². The number of nitrogens with zero attached hydrogens (tertiary/aromatic N) is 1. The first-order valence-electron chi connectivity index (χ1n) is 6.49. The molecule has 0 aromatic carbocycles. The van der Waals surface area contributed by atoms with Crippen LogP contribution in [-0.2, 0) is 4.74 Å². The highest BCUT2D eigenvalue weighted by Crippen LogP contribution is 2.45. The zero-order valence-electron chi connectivity index (χ0n) is 9.97. The normalized spacial score (nSPS) is 29.6. The first-order valence-corrected chi connectivity index (χ1v) is 7.43. The van der Waals surface area contributed by atoms with Gasteiger partial charge in [0.2, 0.25) is 0 Å². The van der Waals surface area contributed by atoms with Gasteiger partial charge in [-0.15, -0.1) is 11.3 Å². The predicted molar refractivity (Wildman–Crippen MR) is 66.9 cm³/mol. The van der Waals surface area contributed by atoms with Crippen molar-refractivity contribution in [1.29, 1.82) is 0 Å². The summed E-state index contributed by atoms with van der Waals surface area (Å²) in [5.74, 6) is 0.323. The van der Waals surface area contributed by atoms with Crippen molar-refractivity contribution >= 4 is 11.3 Å². The maximum Gasteiger partial charge on any atom is 0.0998 e. The lowest BCUT2D eigenvalue weighted by Crippen LogP contribution is -2.39. The fourth-order valence-electron chi connectivity index (χ4n) is 3.31. The lowest BCUT2D eigenvalue weighted by molar-refractivity contribution is -0.113. The van der Waals surface area contributed by atoms with E-state index in [-0.39, 0.29) is 5.60 Å². The second-order valence-corrected chi connectivity index (χ2v) is 6.07. The number of hydrogen-bond donors (Lipinski definition) is 1. The summed E-state index contributed by atoms with van der Waals surface area (Å²) in [5, 5.41) is 12.3. The Balaban J connectivity index is 1.71. The monoisotopic (exact) mass is 253 g/mol. The second kappa shape index (κ2) is 4.67. The van der Waals surface area contributed by atoms with Gasteiger partial charge >= 0.3 is 0 Å². The minimum Gasteiger partial charge on any atom is -0.386 e. The van der Waals surface area contributed by atoms with Crippen LogP contribution in [0.25, 0.3) is 0 Å². The van der Waals surface area contributed by atoms with Gasteiger partial charge < -0.3 is 9.84 Å². The van der Waals surface area contributed by atoms with E-state index < -0.39 is 6.10 Å². The Labute approximate surface area is 106 Å². The lowest BCUT2D eigenvalue weighted by Gasteiger charge is -2.39. The van der Waals surface area contributed by atoms with Crippen molar-refractivity contribution < 1.29 is 9.84 Å². The molecule has 1 aromatic rings. The van der Waals surface area contributed by atoms with Crippen LogP contribution in [-0.4, -0.2) is 22.3 Å². The average Bonchev–Trinajstić information content (AvgIpc) is 3.00. The van der Waals surface area contributed by atoms with Gasteiger partial charge in [-0.3, -0.25) is 0 Å². The number of hydrogen-bond acceptors (Lipinski definition) is 4. The first kappa shape index (κ1) is 11.6. The Morgan fingerprint density at radius 1 is 1.47 bits per heavy atom. The summed E-state index contributed by atoms with van der Waals surface area (Å²) >= 11 is 1.55. The molecule has 17 heavy (non-hydrogen) atoms. The quantitative estimate of drug-likeness (QED) is 0.881. The van der Waals surface area contributed by atoms with Gasteiger partial charge in [0, 0.05) is 12.0 Å². The molecule has 3 nitrogen and oxygen atoms in total. The van der Waals surface area contributed by atoms with Gasteiger partial charge in [-0.25, -0.2) is 4.98 Å². The zero-order valence-corrected chi connectivity index (χ0v) is 10.8. The molecule has 3 rings (SSSR count). The fraction of sp³-hybridized carbons (Fsp3) is 0.769. The smallest absolute Gasteiger partial charge is 0.0998 e. The van der Waals surface area contributed by atoms with Crippen molar-refractivity contribution in [1.82, 2.24) is 4.98 Å². The predicted octanol–water partition coefficient (Wildman–Crippen LogP) is 2.92. The van der Waals surface area contributed by atoms with E-state index in [0.29, 0.717) is 5.92 Å². The third kappa shape index (κ3) is 2.26.